The summed E-state index contributed by atoms with van der Waals surface area (Å²) < 4.78 is 1.80. The molecule has 0 radical (unpaired) electrons. The molecule has 0 aliphatic carbocycles. The van der Waals surface area contributed by atoms with Gasteiger partial charge in [0.25, 0.3) is 0 Å². The molecule has 0 unspecified atom stereocenters. The van der Waals surface area contributed by atoms with Crippen molar-refractivity contribution in [2.75, 3.05) is 11.9 Å². The minimum atomic E-state index is 0.903. The van der Waals surface area contributed by atoms with Gasteiger partial charge in [-0.25, -0.2) is 9.97 Å². The Hall–Kier alpha value is -1.56. The molecule has 0 aromatic carbocycles. The lowest BCUT2D eigenvalue weighted by Crippen LogP contribution is -2.05. The van der Waals surface area contributed by atoms with E-state index in [4.69, 9.17) is 0 Å². The lowest BCUT2D eigenvalue weighted by atomic mass is 10.3. The molecular formula is C14H21N5S. The van der Waals surface area contributed by atoms with E-state index in [-0.39, 0.29) is 0 Å². The van der Waals surface area contributed by atoms with Crippen molar-refractivity contribution in [3.05, 3.63) is 24.3 Å². The molecule has 2 heterocycles. The number of anilines is 1. The third-order valence-corrected chi connectivity index (χ3v) is 3.55. The van der Waals surface area contributed by atoms with Crippen LogP contribution >= 0.6 is 11.8 Å². The van der Waals surface area contributed by atoms with E-state index in [2.05, 4.69) is 34.2 Å². The van der Waals surface area contributed by atoms with E-state index in [0.717, 1.165) is 47.4 Å². The quantitative estimate of drug-likeness (QED) is 0.794. The van der Waals surface area contributed by atoms with Crippen molar-refractivity contribution >= 4 is 17.6 Å². The first-order valence-electron chi connectivity index (χ1n) is 6.99. The van der Waals surface area contributed by atoms with Gasteiger partial charge in [-0.15, -0.1) is 0 Å². The molecule has 2 rings (SSSR count). The molecule has 0 aliphatic heterocycles. The van der Waals surface area contributed by atoms with E-state index in [9.17, 15) is 0 Å². The third-order valence-electron chi connectivity index (χ3n) is 2.68. The fourth-order valence-electron chi connectivity index (χ4n) is 1.78. The molecule has 20 heavy (non-hydrogen) atoms. The number of aromatic nitrogens is 4. The molecule has 0 aliphatic rings. The van der Waals surface area contributed by atoms with Crippen LogP contribution in [0.4, 0.5) is 5.82 Å². The second-order valence-electron chi connectivity index (χ2n) is 4.64. The Balaban J connectivity index is 2.18. The fourth-order valence-corrected chi connectivity index (χ4v) is 2.64. The van der Waals surface area contributed by atoms with Gasteiger partial charge in [-0.2, -0.15) is 5.10 Å². The number of hydrogen-bond donors (Lipinski definition) is 1. The van der Waals surface area contributed by atoms with E-state index in [1.165, 1.54) is 0 Å². The molecule has 0 bridgehead atoms. The summed E-state index contributed by atoms with van der Waals surface area (Å²) in [5.41, 5.74) is 0. The third kappa shape index (κ3) is 4.23. The average Bonchev–Trinajstić information content (AvgIpc) is 2.82. The van der Waals surface area contributed by atoms with Crippen molar-refractivity contribution in [3.8, 4) is 0 Å². The van der Waals surface area contributed by atoms with E-state index in [1.54, 1.807) is 16.4 Å². The number of nitrogens with zero attached hydrogens (tertiary/aromatic N) is 4. The standard InChI is InChI=1S/C14H21N5S/c1-4-6-12-17-13(15-7-5-2)8-14(18-12)20-11-9-16-19(3)10-11/h8-10H,4-7H2,1-3H3,(H,15,17,18). The summed E-state index contributed by atoms with van der Waals surface area (Å²) in [6.45, 7) is 5.22. The molecule has 2 aromatic heterocycles. The van der Waals surface area contributed by atoms with Gasteiger partial charge >= 0.3 is 0 Å². The zero-order chi connectivity index (χ0) is 14.4. The van der Waals surface area contributed by atoms with Crippen LogP contribution in [0, 0.1) is 0 Å². The summed E-state index contributed by atoms with van der Waals surface area (Å²) in [7, 11) is 1.92. The van der Waals surface area contributed by atoms with Crippen LogP contribution in [0.3, 0.4) is 0 Å². The Labute approximate surface area is 124 Å². The maximum Gasteiger partial charge on any atom is 0.132 e. The van der Waals surface area contributed by atoms with E-state index >= 15 is 0 Å². The van der Waals surface area contributed by atoms with Gasteiger partial charge < -0.3 is 5.32 Å². The second-order valence-corrected chi connectivity index (χ2v) is 5.73. The lowest BCUT2D eigenvalue weighted by Gasteiger charge is -2.08. The Kier molecular flexibility index (Phi) is 5.40. The smallest absolute Gasteiger partial charge is 0.132 e. The van der Waals surface area contributed by atoms with Gasteiger partial charge in [-0.3, -0.25) is 4.68 Å². The summed E-state index contributed by atoms with van der Waals surface area (Å²) in [6.07, 6.45) is 6.88. The van der Waals surface area contributed by atoms with Crippen LogP contribution in [0.5, 0.6) is 0 Å². The number of hydrogen-bond acceptors (Lipinski definition) is 5. The molecule has 0 saturated carbocycles. The highest BCUT2D eigenvalue weighted by atomic mass is 32.2. The first kappa shape index (κ1) is 14.8. The zero-order valence-electron chi connectivity index (χ0n) is 12.3. The fraction of sp³-hybridized carbons (Fsp3) is 0.500. The van der Waals surface area contributed by atoms with Crippen molar-refractivity contribution in [1.29, 1.82) is 0 Å². The molecule has 0 saturated heterocycles. The largest absolute Gasteiger partial charge is 0.370 e. The molecule has 0 spiro atoms. The van der Waals surface area contributed by atoms with Crippen molar-refractivity contribution in [2.24, 2.45) is 7.05 Å². The number of rotatable bonds is 7. The molecule has 0 amide bonds. The first-order chi connectivity index (χ1) is 9.71. The number of nitrogens with one attached hydrogen (secondary N) is 1. The van der Waals surface area contributed by atoms with Crippen LogP contribution in [-0.2, 0) is 13.5 Å². The monoisotopic (exact) mass is 291 g/mol. The van der Waals surface area contributed by atoms with Gasteiger partial charge in [0.15, 0.2) is 0 Å². The second kappa shape index (κ2) is 7.28. The molecular weight excluding hydrogens is 270 g/mol. The van der Waals surface area contributed by atoms with Crippen molar-refractivity contribution in [2.45, 2.75) is 43.0 Å². The number of aryl methyl sites for hydroxylation is 2. The maximum atomic E-state index is 4.61. The van der Waals surface area contributed by atoms with Crippen molar-refractivity contribution in [1.82, 2.24) is 19.7 Å². The van der Waals surface area contributed by atoms with Crippen LogP contribution in [0.25, 0.3) is 0 Å². The van der Waals surface area contributed by atoms with Crippen molar-refractivity contribution in [3.63, 3.8) is 0 Å². The Morgan fingerprint density at radius 2 is 2.10 bits per heavy atom. The Morgan fingerprint density at radius 1 is 1.25 bits per heavy atom. The predicted molar refractivity (Wildman–Crippen MR) is 82.1 cm³/mol. The zero-order valence-corrected chi connectivity index (χ0v) is 13.1. The van der Waals surface area contributed by atoms with E-state index < -0.39 is 0 Å². The molecule has 0 fully saturated rings. The average molecular weight is 291 g/mol. The Morgan fingerprint density at radius 3 is 2.75 bits per heavy atom. The summed E-state index contributed by atoms with van der Waals surface area (Å²) in [4.78, 5) is 10.3. The van der Waals surface area contributed by atoms with E-state index in [0.29, 0.717) is 0 Å². The molecule has 1 N–H and O–H groups in total. The summed E-state index contributed by atoms with van der Waals surface area (Å²) in [6, 6.07) is 2.01. The van der Waals surface area contributed by atoms with E-state index in [1.807, 2.05) is 25.5 Å². The topological polar surface area (TPSA) is 55.6 Å². The van der Waals surface area contributed by atoms with Crippen LogP contribution < -0.4 is 5.32 Å². The van der Waals surface area contributed by atoms with Crippen LogP contribution in [0.15, 0.2) is 28.4 Å². The highest BCUT2D eigenvalue weighted by Crippen LogP contribution is 2.27. The van der Waals surface area contributed by atoms with Crippen molar-refractivity contribution < 1.29 is 0 Å². The summed E-state index contributed by atoms with van der Waals surface area (Å²) in [5, 5.41) is 8.49. The minimum absolute atomic E-state index is 0.903. The van der Waals surface area contributed by atoms with Gasteiger partial charge in [0, 0.05) is 32.3 Å². The molecule has 6 heteroatoms. The predicted octanol–water partition coefficient (Wildman–Crippen LogP) is 3.14. The summed E-state index contributed by atoms with van der Waals surface area (Å²) in [5.74, 6) is 1.82. The molecule has 5 nitrogen and oxygen atoms in total. The summed E-state index contributed by atoms with van der Waals surface area (Å²) >= 11 is 1.62. The Bertz CT molecular complexity index is 552. The minimum Gasteiger partial charge on any atom is -0.370 e. The lowest BCUT2D eigenvalue weighted by molar-refractivity contribution is 0.766. The highest BCUT2D eigenvalue weighted by molar-refractivity contribution is 7.99. The normalized spacial score (nSPS) is 10.8. The van der Waals surface area contributed by atoms with Gasteiger partial charge in [0.2, 0.25) is 0 Å². The van der Waals surface area contributed by atoms with Gasteiger partial charge in [0.1, 0.15) is 16.7 Å². The van der Waals surface area contributed by atoms with Crippen LogP contribution in [-0.4, -0.2) is 26.3 Å². The van der Waals surface area contributed by atoms with Gasteiger partial charge in [0.05, 0.1) is 11.1 Å². The van der Waals surface area contributed by atoms with Gasteiger partial charge in [-0.1, -0.05) is 25.6 Å². The SMILES string of the molecule is CCCNc1cc(Sc2cnn(C)c2)nc(CCC)n1. The maximum absolute atomic E-state index is 4.61. The first-order valence-corrected chi connectivity index (χ1v) is 7.81. The van der Waals surface area contributed by atoms with Crippen LogP contribution in [0.1, 0.15) is 32.5 Å². The molecule has 108 valence electrons. The van der Waals surface area contributed by atoms with Gasteiger partial charge in [-0.05, 0) is 12.8 Å². The molecule has 2 aromatic rings. The van der Waals surface area contributed by atoms with Crippen LogP contribution in [0.2, 0.25) is 0 Å². The highest BCUT2D eigenvalue weighted by Gasteiger charge is 2.07. The molecule has 0 atom stereocenters.